The Morgan fingerprint density at radius 2 is 1.89 bits per heavy atom. The van der Waals surface area contributed by atoms with Gasteiger partial charge in [0.1, 0.15) is 9.84 Å². The molecule has 0 spiro atoms. The van der Waals surface area contributed by atoms with Crippen LogP contribution in [0.2, 0.25) is 5.15 Å². The third-order valence-electron chi connectivity index (χ3n) is 1.96. The van der Waals surface area contributed by atoms with E-state index in [4.69, 9.17) is 11.6 Å². The lowest BCUT2D eigenvalue weighted by Gasteiger charge is -2.09. The summed E-state index contributed by atoms with van der Waals surface area (Å²) in [5.41, 5.74) is 0.880. The van der Waals surface area contributed by atoms with Gasteiger partial charge in [-0.05, 0) is 18.6 Å². The van der Waals surface area contributed by atoms with Crippen LogP contribution < -0.4 is 4.72 Å². The highest BCUT2D eigenvalue weighted by molar-refractivity contribution is 7.95. The second-order valence-corrected chi connectivity index (χ2v) is 8.36. The van der Waals surface area contributed by atoms with Gasteiger partial charge in [0.15, 0.2) is 5.15 Å². The number of aromatic nitrogens is 1. The molecule has 1 heterocycles. The topological polar surface area (TPSA) is 93.2 Å². The second kappa shape index (κ2) is 5.41. The molecule has 1 N–H and O–H groups in total. The van der Waals surface area contributed by atoms with E-state index >= 15 is 0 Å². The highest BCUT2D eigenvalue weighted by Gasteiger charge is 2.16. The minimum Gasteiger partial charge on any atom is -0.280 e. The van der Waals surface area contributed by atoms with Crippen molar-refractivity contribution < 1.29 is 16.8 Å². The molecule has 0 unspecified atom stereocenters. The first-order valence-corrected chi connectivity index (χ1v) is 8.98. The van der Waals surface area contributed by atoms with Crippen molar-refractivity contribution in [3.05, 3.63) is 23.0 Å². The minimum atomic E-state index is -3.76. The number of sulfonamides is 1. The van der Waals surface area contributed by atoms with Crippen LogP contribution in [-0.4, -0.2) is 39.6 Å². The van der Waals surface area contributed by atoms with Crippen molar-refractivity contribution in [3.63, 3.8) is 0 Å². The van der Waals surface area contributed by atoms with E-state index in [0.29, 0.717) is 0 Å². The number of rotatable bonds is 5. The van der Waals surface area contributed by atoms with Crippen LogP contribution in [0.15, 0.2) is 12.3 Å². The van der Waals surface area contributed by atoms with E-state index in [1.807, 2.05) is 0 Å². The van der Waals surface area contributed by atoms with Crippen LogP contribution in [0.5, 0.6) is 0 Å². The molecule has 0 aliphatic rings. The summed E-state index contributed by atoms with van der Waals surface area (Å²) in [7, 11) is -7.10. The van der Waals surface area contributed by atoms with Gasteiger partial charge in [0.25, 0.3) is 0 Å². The number of halogens is 1. The zero-order chi connectivity index (χ0) is 14.0. The van der Waals surface area contributed by atoms with Crippen LogP contribution in [0, 0.1) is 6.92 Å². The predicted octanol–water partition coefficient (Wildman–Crippen LogP) is 0.830. The van der Waals surface area contributed by atoms with Gasteiger partial charge >= 0.3 is 0 Å². The summed E-state index contributed by atoms with van der Waals surface area (Å²) in [5, 5.41) is 0.0172. The predicted molar refractivity (Wildman–Crippen MR) is 71.1 cm³/mol. The summed E-state index contributed by atoms with van der Waals surface area (Å²) in [5.74, 6) is -0.963. The van der Waals surface area contributed by atoms with Gasteiger partial charge in [0, 0.05) is 12.5 Å². The Kier molecular flexibility index (Phi) is 4.57. The van der Waals surface area contributed by atoms with Gasteiger partial charge in [-0.15, -0.1) is 0 Å². The van der Waals surface area contributed by atoms with Crippen molar-refractivity contribution in [2.24, 2.45) is 0 Å². The van der Waals surface area contributed by atoms with Gasteiger partial charge in [-0.25, -0.2) is 21.8 Å². The largest absolute Gasteiger partial charge is 0.280 e. The summed E-state index contributed by atoms with van der Waals surface area (Å²) in [4.78, 5) is 3.79. The Hall–Kier alpha value is -0.860. The van der Waals surface area contributed by atoms with E-state index in [9.17, 15) is 16.8 Å². The first-order valence-electron chi connectivity index (χ1n) is 4.89. The molecule has 9 heteroatoms. The molecule has 0 fully saturated rings. The van der Waals surface area contributed by atoms with Crippen molar-refractivity contribution >= 4 is 37.1 Å². The molecular weight excluding hydrogens is 300 g/mol. The van der Waals surface area contributed by atoms with Crippen molar-refractivity contribution in [3.8, 4) is 0 Å². The van der Waals surface area contributed by atoms with E-state index in [1.54, 1.807) is 6.92 Å². The molecule has 0 saturated carbocycles. The van der Waals surface area contributed by atoms with E-state index in [0.717, 1.165) is 11.8 Å². The number of nitrogens with zero attached hydrogens (tertiary/aromatic N) is 1. The Morgan fingerprint density at radius 3 is 2.44 bits per heavy atom. The number of aryl methyl sites for hydroxylation is 1. The lowest BCUT2D eigenvalue weighted by Crippen LogP contribution is -2.22. The molecule has 0 saturated heterocycles. The van der Waals surface area contributed by atoms with E-state index in [1.165, 1.54) is 12.3 Å². The van der Waals surface area contributed by atoms with Gasteiger partial charge in [-0.2, -0.15) is 0 Å². The Labute approximate surface area is 111 Å². The molecule has 0 bridgehead atoms. The number of hydrogen-bond acceptors (Lipinski definition) is 5. The summed E-state index contributed by atoms with van der Waals surface area (Å²) in [6, 6.07) is 1.52. The van der Waals surface area contributed by atoms with Crippen LogP contribution >= 0.6 is 11.6 Å². The molecule has 6 nitrogen and oxygen atoms in total. The highest BCUT2D eigenvalue weighted by Crippen LogP contribution is 2.21. The number of anilines is 1. The molecule has 1 rings (SSSR count). The fourth-order valence-corrected chi connectivity index (χ4v) is 3.99. The van der Waals surface area contributed by atoms with E-state index in [-0.39, 0.29) is 10.8 Å². The monoisotopic (exact) mass is 312 g/mol. The van der Waals surface area contributed by atoms with Crippen LogP contribution in [0.25, 0.3) is 0 Å². The quantitative estimate of drug-likeness (QED) is 0.813. The fraction of sp³-hybridized carbons (Fsp3) is 0.444. The molecule has 18 heavy (non-hydrogen) atoms. The van der Waals surface area contributed by atoms with Gasteiger partial charge < -0.3 is 0 Å². The summed E-state index contributed by atoms with van der Waals surface area (Å²) < 4.78 is 47.4. The number of pyridine rings is 1. The molecule has 0 atom stereocenters. The van der Waals surface area contributed by atoms with Crippen LogP contribution in [0.4, 0.5) is 5.69 Å². The van der Waals surface area contributed by atoms with Crippen LogP contribution in [0.3, 0.4) is 0 Å². The lowest BCUT2D eigenvalue weighted by molar-refractivity contribution is 0.593. The van der Waals surface area contributed by atoms with Crippen LogP contribution in [0.1, 0.15) is 5.56 Å². The summed E-state index contributed by atoms with van der Waals surface area (Å²) in [6.45, 7) is 1.73. The normalized spacial score (nSPS) is 12.4. The van der Waals surface area contributed by atoms with E-state index in [2.05, 4.69) is 9.71 Å². The van der Waals surface area contributed by atoms with Crippen molar-refractivity contribution in [1.29, 1.82) is 0 Å². The third kappa shape index (κ3) is 5.19. The first kappa shape index (κ1) is 15.2. The Morgan fingerprint density at radius 1 is 1.28 bits per heavy atom. The van der Waals surface area contributed by atoms with Crippen molar-refractivity contribution in [2.75, 3.05) is 22.5 Å². The maximum Gasteiger partial charge on any atom is 0.233 e. The van der Waals surface area contributed by atoms with Gasteiger partial charge in [-0.1, -0.05) is 11.6 Å². The molecule has 0 aliphatic heterocycles. The molecule has 0 radical (unpaired) electrons. The third-order valence-corrected chi connectivity index (χ3v) is 4.74. The van der Waals surface area contributed by atoms with Crippen LogP contribution in [-0.2, 0) is 19.9 Å². The lowest BCUT2D eigenvalue weighted by atomic mass is 10.3. The zero-order valence-corrected chi connectivity index (χ0v) is 12.2. The summed E-state index contributed by atoms with van der Waals surface area (Å²) >= 11 is 5.74. The minimum absolute atomic E-state index is 0.0172. The number of nitrogens with one attached hydrogen (secondary N) is 1. The molecule has 102 valence electrons. The average molecular weight is 313 g/mol. The maximum atomic E-state index is 11.6. The molecule has 0 aromatic carbocycles. The van der Waals surface area contributed by atoms with Gasteiger partial charge in [0.05, 0.1) is 17.2 Å². The standard InChI is InChI=1S/C9H13ClN2O4S2/c1-7-5-8(9(10)11-6-7)12-18(15,16)4-3-17(2,13)14/h5-6,12H,3-4H2,1-2H3. The summed E-state index contributed by atoms with van der Waals surface area (Å²) in [6.07, 6.45) is 2.47. The SMILES string of the molecule is Cc1cnc(Cl)c(NS(=O)(=O)CCS(C)(=O)=O)c1. The highest BCUT2D eigenvalue weighted by atomic mass is 35.5. The molecule has 0 aliphatic carbocycles. The van der Waals surface area contributed by atoms with Crippen molar-refractivity contribution in [2.45, 2.75) is 6.92 Å². The first-order chi connectivity index (χ1) is 8.09. The molecule has 1 aromatic heterocycles. The fourth-order valence-electron chi connectivity index (χ4n) is 1.10. The zero-order valence-electron chi connectivity index (χ0n) is 9.84. The van der Waals surface area contributed by atoms with Gasteiger partial charge in [0.2, 0.25) is 10.0 Å². The van der Waals surface area contributed by atoms with Gasteiger partial charge in [-0.3, -0.25) is 4.72 Å². The average Bonchev–Trinajstić information content (AvgIpc) is 2.20. The maximum absolute atomic E-state index is 11.6. The smallest absolute Gasteiger partial charge is 0.233 e. The molecular formula is C9H13ClN2O4S2. The second-order valence-electron chi connectivity index (χ2n) is 3.90. The number of sulfone groups is 1. The van der Waals surface area contributed by atoms with E-state index < -0.39 is 31.4 Å². The molecule has 0 amide bonds. The number of hydrogen-bond donors (Lipinski definition) is 1. The Balaban J connectivity index is 2.86. The van der Waals surface area contributed by atoms with Crippen molar-refractivity contribution in [1.82, 2.24) is 4.98 Å². The molecule has 1 aromatic rings. The Bertz CT molecular complexity index is 641.